The van der Waals surface area contributed by atoms with E-state index in [4.69, 9.17) is 10.7 Å². The Hall–Kier alpha value is -2.13. The number of imidazole rings is 1. The highest BCUT2D eigenvalue weighted by atomic mass is 33.1. The van der Waals surface area contributed by atoms with Crippen molar-refractivity contribution in [3.05, 3.63) is 52.7 Å². The number of nitrogens with zero attached hydrogens (tertiary/aromatic N) is 3. The zero-order valence-corrected chi connectivity index (χ0v) is 45.5. The lowest BCUT2D eigenvalue weighted by molar-refractivity contribution is -0.189. The van der Waals surface area contributed by atoms with Gasteiger partial charge in [0.2, 0.25) is 0 Å². The molecule has 396 valence electrons. The molecule has 17 atom stereocenters. The summed E-state index contributed by atoms with van der Waals surface area (Å²) in [5.74, 6) is 1.59. The van der Waals surface area contributed by atoms with Gasteiger partial charge in [-0.1, -0.05) is 96.8 Å². The number of rotatable bonds is 5. The molecule has 72 heavy (non-hydrogen) atoms. The van der Waals surface area contributed by atoms with Crippen LogP contribution in [0.2, 0.25) is 0 Å². The number of aliphatic hydroxyl groups excluding tert-OH is 4. The van der Waals surface area contributed by atoms with Gasteiger partial charge in [-0.05, 0) is 173 Å². The van der Waals surface area contributed by atoms with Crippen LogP contribution in [0.3, 0.4) is 0 Å². The van der Waals surface area contributed by atoms with Crippen LogP contribution in [0, 0.1) is 80.8 Å². The van der Waals surface area contributed by atoms with E-state index in [2.05, 4.69) is 41.8 Å². The van der Waals surface area contributed by atoms with Crippen LogP contribution in [0.4, 0.5) is 0 Å². The number of hydrogen-bond donors (Lipinski definition) is 7. The van der Waals surface area contributed by atoms with Crippen LogP contribution in [0.1, 0.15) is 169 Å². The maximum absolute atomic E-state index is 15.4. The van der Waals surface area contributed by atoms with Crippen LogP contribution >= 0.6 is 21.6 Å². The molecule has 11 aliphatic rings. The van der Waals surface area contributed by atoms with Crippen molar-refractivity contribution in [1.82, 2.24) is 14.9 Å². The average molecular weight is 1030 g/mol. The predicted octanol–water partition coefficient (Wildman–Crippen LogP) is 9.46. The van der Waals surface area contributed by atoms with Crippen molar-refractivity contribution in [3.63, 3.8) is 0 Å². The number of aliphatic imine (C=N–C) groups is 1. The van der Waals surface area contributed by atoms with Crippen LogP contribution in [-0.2, 0) is 4.79 Å². The molecule has 1 aromatic heterocycles. The summed E-state index contributed by atoms with van der Waals surface area (Å²) in [6.07, 6.45) is 26.0. The number of nitrogens with one attached hydrogen (secondary N) is 1. The summed E-state index contributed by atoms with van der Waals surface area (Å²) in [7, 11) is 3.80. The van der Waals surface area contributed by atoms with E-state index in [1.807, 2.05) is 40.2 Å². The topological polar surface area (TPSA) is 186 Å². The molecule has 1 aromatic rings. The van der Waals surface area contributed by atoms with Crippen molar-refractivity contribution in [2.75, 3.05) is 18.1 Å². The molecule has 2 heterocycles. The molecule has 11 nitrogen and oxygen atoms in total. The highest BCUT2D eigenvalue weighted by Gasteiger charge is 2.74. The van der Waals surface area contributed by atoms with E-state index in [0.717, 1.165) is 82.0 Å². The SMILES string of the molecule is C[C@H](O)NC(N)=NC[C@@H]1C[C@]2(C)[C@@H]3C[C@H](CSSC[C@@H](n4ccnc4)CC(C)(C)C4=C5CCCC6(CCCC6)[C@@H]5C5=C6[C@@H](CCC5)C[C@@H]3[C@H](O)[C@H]64)[C@@]2(O)C2=CC(=O)[C@@H]3C[C@@H](O)[C@@H](O)C[C@]3(C3CCCCC3)[C@H]21. The fourth-order valence-corrected chi connectivity index (χ4v) is 23.5. The number of nitrogens with two attached hydrogens (primary N) is 1. The van der Waals surface area contributed by atoms with Crippen molar-refractivity contribution < 1.29 is 30.3 Å². The minimum Gasteiger partial charge on any atom is -0.392 e. The van der Waals surface area contributed by atoms with Crippen molar-refractivity contribution in [1.29, 1.82) is 0 Å². The molecule has 13 heteroatoms. The molecule has 12 rings (SSSR count). The molecule has 7 saturated carbocycles. The third kappa shape index (κ3) is 7.67. The number of carbonyl (C=O) groups excluding carboxylic acids is 1. The molecule has 4 bridgehead atoms. The molecule has 1 saturated heterocycles. The fourth-order valence-electron chi connectivity index (χ4n) is 20.8. The number of carbonyl (C=O) groups is 1. The van der Waals surface area contributed by atoms with Gasteiger partial charge in [-0.25, -0.2) is 4.98 Å². The number of hydrogen-bond acceptors (Lipinski definition) is 10. The van der Waals surface area contributed by atoms with Crippen LogP contribution in [0.25, 0.3) is 0 Å². The molecule has 8 fully saturated rings. The molecule has 8 N–H and O–H groups in total. The number of fused-ring (bicyclic) bond motifs is 14. The van der Waals surface area contributed by atoms with Gasteiger partial charge in [-0.15, -0.1) is 0 Å². The third-order valence-electron chi connectivity index (χ3n) is 23.0. The van der Waals surface area contributed by atoms with E-state index >= 15 is 4.79 Å². The van der Waals surface area contributed by atoms with Crippen molar-refractivity contribution in [2.24, 2.45) is 91.6 Å². The van der Waals surface area contributed by atoms with Crippen LogP contribution < -0.4 is 11.1 Å². The fraction of sp³-hybridized carbons (Fsp3) is 0.814. The lowest BCUT2D eigenvalue weighted by Gasteiger charge is -2.66. The molecular formula is C59H87N5O6S2. The monoisotopic (exact) mass is 1030 g/mol. The summed E-state index contributed by atoms with van der Waals surface area (Å²) in [4.78, 5) is 25.0. The zero-order chi connectivity index (χ0) is 50.1. The smallest absolute Gasteiger partial charge is 0.190 e. The van der Waals surface area contributed by atoms with Gasteiger partial charge in [0.1, 0.15) is 6.23 Å². The van der Waals surface area contributed by atoms with Gasteiger partial charge >= 0.3 is 0 Å². The second kappa shape index (κ2) is 18.8. The standard InChI is InChI=1S/C59H87N5O6S2/c1-33(65)63-54(60)62-29-35-26-56(4)42-23-37(59(56,70)44-25-45(66)43-24-46(67)47(68)28-58(43,50(35)44)36-13-6-5-7-14-36)30-71-72-31-38(64-21-20-61-32-64)27-55(2,3)52-40-16-11-19-57(17-8-9-18-57)51(40)39-15-10-12-34-22-41(42)53(69)49(52)48(34)39/h20-21,25,32-38,41-43,46-47,49-51,53,65,67-70H,5-19,22-24,26-31H2,1-4H3,(H3,60,62,63)/t33-,34-,35-,37+,38-,41-,42+,43-,46+,47-,49+,50-,51+,53-,56+,58+,59+/m0/s1. The number of guanidine groups is 1. The molecule has 0 aromatic carbocycles. The van der Waals surface area contributed by atoms with Crippen molar-refractivity contribution in [3.8, 4) is 0 Å². The summed E-state index contributed by atoms with van der Waals surface area (Å²) < 4.78 is 2.34. The first-order valence-electron chi connectivity index (χ1n) is 29.0. The maximum Gasteiger partial charge on any atom is 0.190 e. The zero-order valence-electron chi connectivity index (χ0n) is 43.8. The lowest BCUT2D eigenvalue weighted by atomic mass is 9.38. The highest BCUT2D eigenvalue weighted by molar-refractivity contribution is 8.76. The van der Waals surface area contributed by atoms with E-state index in [9.17, 15) is 25.5 Å². The Balaban J connectivity index is 1.04. The van der Waals surface area contributed by atoms with E-state index in [0.29, 0.717) is 42.4 Å². The van der Waals surface area contributed by atoms with E-state index in [1.165, 1.54) is 44.9 Å². The van der Waals surface area contributed by atoms with E-state index < -0.39 is 46.9 Å². The molecule has 0 amide bonds. The summed E-state index contributed by atoms with van der Waals surface area (Å²) in [5, 5.41) is 65.5. The quantitative estimate of drug-likeness (QED) is 0.0490. The van der Waals surface area contributed by atoms with Crippen LogP contribution in [-0.4, -0.2) is 95.0 Å². The third-order valence-corrected chi connectivity index (χ3v) is 25.6. The second-order valence-corrected chi connectivity index (χ2v) is 29.4. The Morgan fingerprint density at radius 2 is 1.65 bits per heavy atom. The van der Waals surface area contributed by atoms with Gasteiger partial charge in [0.25, 0.3) is 0 Å². The lowest BCUT2D eigenvalue weighted by Crippen LogP contribution is -2.67. The average Bonchev–Trinajstić information content (AvgIpc) is 4.11. The van der Waals surface area contributed by atoms with Gasteiger partial charge < -0.3 is 41.2 Å². The van der Waals surface area contributed by atoms with Gasteiger partial charge in [0, 0.05) is 65.6 Å². The van der Waals surface area contributed by atoms with Gasteiger partial charge in [-0.2, -0.15) is 0 Å². The molecule has 1 spiro atoms. The molecule has 1 aliphatic heterocycles. The Morgan fingerprint density at radius 3 is 2.40 bits per heavy atom. The maximum atomic E-state index is 15.4. The summed E-state index contributed by atoms with van der Waals surface area (Å²) >= 11 is 0. The number of ketones is 1. The van der Waals surface area contributed by atoms with Gasteiger partial charge in [0.05, 0.1) is 30.2 Å². The minimum absolute atomic E-state index is 0.00346. The largest absolute Gasteiger partial charge is 0.392 e. The first-order chi connectivity index (χ1) is 34.5. The minimum atomic E-state index is -1.36. The van der Waals surface area contributed by atoms with Crippen LogP contribution in [0.5, 0.6) is 0 Å². The summed E-state index contributed by atoms with van der Waals surface area (Å²) in [6, 6.07) is 0.187. The van der Waals surface area contributed by atoms with Gasteiger partial charge in [0.15, 0.2) is 11.7 Å². The highest BCUT2D eigenvalue weighted by Crippen LogP contribution is 2.75. The number of allylic oxidation sites excluding steroid dienone is 3. The van der Waals surface area contributed by atoms with Crippen molar-refractivity contribution >= 4 is 33.3 Å². The van der Waals surface area contributed by atoms with Crippen LogP contribution in [0.15, 0.2) is 57.7 Å². The number of aliphatic hydroxyl groups is 5. The van der Waals surface area contributed by atoms with E-state index in [-0.39, 0.29) is 71.0 Å². The van der Waals surface area contributed by atoms with E-state index in [1.54, 1.807) is 29.2 Å². The Morgan fingerprint density at radius 1 is 0.903 bits per heavy atom. The first-order valence-corrected chi connectivity index (χ1v) is 31.5. The normalized spacial score (nSPS) is 45.3. The molecule has 0 radical (unpaired) electrons. The summed E-state index contributed by atoms with van der Waals surface area (Å²) in [6.45, 7) is 9.36. The Bertz CT molecular complexity index is 2370. The Kier molecular flexibility index (Phi) is 13.2. The number of aromatic nitrogens is 2. The van der Waals surface area contributed by atoms with Crippen molar-refractivity contribution in [2.45, 2.75) is 199 Å². The first kappa shape index (κ1) is 50.7. The van der Waals surface area contributed by atoms with Gasteiger partial charge in [-0.3, -0.25) is 9.79 Å². The second-order valence-electron chi connectivity index (χ2n) is 26.8. The predicted molar refractivity (Wildman–Crippen MR) is 286 cm³/mol. The molecular weight excluding hydrogens is 939 g/mol. The molecule has 0 unspecified atom stereocenters. The summed E-state index contributed by atoms with van der Waals surface area (Å²) in [5.41, 5.74) is 11.4. The molecule has 10 aliphatic carbocycles. The Labute approximate surface area is 437 Å².